The quantitative estimate of drug-likeness (QED) is 0.539. The van der Waals surface area contributed by atoms with Gasteiger partial charge in [0.1, 0.15) is 10.9 Å². The van der Waals surface area contributed by atoms with Gasteiger partial charge in [-0.2, -0.15) is 23.5 Å². The van der Waals surface area contributed by atoms with E-state index in [1.807, 2.05) is 0 Å². The second-order valence-corrected chi connectivity index (χ2v) is 9.21. The van der Waals surface area contributed by atoms with Crippen molar-refractivity contribution in [2.45, 2.75) is 49.9 Å². The van der Waals surface area contributed by atoms with Gasteiger partial charge in [0.25, 0.3) is 5.56 Å². The first-order chi connectivity index (χ1) is 16.3. The van der Waals surface area contributed by atoms with Crippen LogP contribution in [0.25, 0.3) is 10.9 Å². The number of anilines is 2. The lowest BCUT2D eigenvalue weighted by molar-refractivity contribution is -0.225. The number of likely N-dealkylation sites (tertiary alicyclic amines) is 1. The molecule has 5 rings (SSSR count). The van der Waals surface area contributed by atoms with E-state index in [4.69, 9.17) is 0 Å². The Labute approximate surface area is 194 Å². The SMILES string of the molecule is CN1CCC[C@@]1(c1ccc(Nc2nn([C@@H](CC#N)C3CC3)c3cc[nH]c(=O)c23)cc1)C(F)(F)F. The number of nitrogens with zero attached hydrogens (tertiary/aromatic N) is 4. The van der Waals surface area contributed by atoms with Crippen LogP contribution in [-0.4, -0.2) is 39.4 Å². The first kappa shape index (κ1) is 22.5. The van der Waals surface area contributed by atoms with E-state index in [0.29, 0.717) is 41.3 Å². The highest BCUT2D eigenvalue weighted by Gasteiger charge is 2.60. The van der Waals surface area contributed by atoms with Gasteiger partial charge in [0, 0.05) is 11.9 Å². The maximum atomic E-state index is 14.1. The molecule has 2 aromatic heterocycles. The van der Waals surface area contributed by atoms with Crippen molar-refractivity contribution in [3.05, 3.63) is 52.4 Å². The molecule has 2 fully saturated rings. The van der Waals surface area contributed by atoms with Gasteiger partial charge in [-0.1, -0.05) is 12.1 Å². The standard InChI is InChI=1S/C24H25F3N6O/c1-32-14-2-11-23(32,24(25,26)27)16-5-7-17(8-6-16)30-21-20-19(10-13-29-22(20)34)33(31-21)18(9-12-28)15-3-4-15/h5-8,10,13,15,18H,2-4,9,11,14H2,1H3,(H,29,34)(H,30,31)/t18-,23+/m0/s1. The molecular weight excluding hydrogens is 445 g/mol. The Morgan fingerprint density at radius 2 is 2.03 bits per heavy atom. The first-order valence-electron chi connectivity index (χ1n) is 11.4. The molecular formula is C24H25F3N6O. The molecule has 2 atom stereocenters. The van der Waals surface area contributed by atoms with Crippen LogP contribution >= 0.6 is 0 Å². The Morgan fingerprint density at radius 3 is 2.62 bits per heavy atom. The molecule has 7 nitrogen and oxygen atoms in total. The highest BCUT2D eigenvalue weighted by atomic mass is 19.4. The fourth-order valence-electron chi connectivity index (χ4n) is 5.27. The minimum Gasteiger partial charge on any atom is -0.338 e. The van der Waals surface area contributed by atoms with E-state index in [9.17, 15) is 23.2 Å². The van der Waals surface area contributed by atoms with E-state index < -0.39 is 11.7 Å². The molecule has 2 aliphatic rings. The van der Waals surface area contributed by atoms with Gasteiger partial charge in [-0.25, -0.2) is 0 Å². The number of benzene rings is 1. The van der Waals surface area contributed by atoms with E-state index in [-0.39, 0.29) is 30.0 Å². The summed E-state index contributed by atoms with van der Waals surface area (Å²) in [5, 5.41) is 17.4. The lowest BCUT2D eigenvalue weighted by Crippen LogP contribution is -2.50. The minimum atomic E-state index is -4.39. The van der Waals surface area contributed by atoms with Gasteiger partial charge in [-0.3, -0.25) is 14.4 Å². The zero-order chi connectivity index (χ0) is 24.1. The predicted octanol–water partition coefficient (Wildman–Crippen LogP) is 4.82. The number of halogens is 3. The summed E-state index contributed by atoms with van der Waals surface area (Å²) < 4.78 is 44.0. The lowest BCUT2D eigenvalue weighted by atomic mass is 9.86. The van der Waals surface area contributed by atoms with Crippen molar-refractivity contribution < 1.29 is 13.2 Å². The zero-order valence-corrected chi connectivity index (χ0v) is 18.7. The number of aromatic nitrogens is 3. The second kappa shape index (κ2) is 8.17. The molecule has 0 spiro atoms. The number of nitriles is 1. The smallest absolute Gasteiger partial charge is 0.338 e. The summed E-state index contributed by atoms with van der Waals surface area (Å²) in [7, 11) is 1.51. The van der Waals surface area contributed by atoms with Crippen molar-refractivity contribution >= 4 is 22.4 Å². The molecule has 1 aromatic carbocycles. The Hall–Kier alpha value is -3.32. The highest BCUT2D eigenvalue weighted by molar-refractivity contribution is 5.91. The van der Waals surface area contributed by atoms with Crippen LogP contribution in [0.4, 0.5) is 24.7 Å². The van der Waals surface area contributed by atoms with E-state index >= 15 is 0 Å². The highest BCUT2D eigenvalue weighted by Crippen LogP contribution is 2.50. The molecule has 3 aromatic rings. The van der Waals surface area contributed by atoms with Gasteiger partial charge in [0.15, 0.2) is 5.82 Å². The average Bonchev–Trinajstić information content (AvgIpc) is 3.46. The molecule has 1 aliphatic heterocycles. The third-order valence-corrected chi connectivity index (χ3v) is 7.19. The molecule has 0 radical (unpaired) electrons. The number of hydrogen-bond donors (Lipinski definition) is 2. The second-order valence-electron chi connectivity index (χ2n) is 9.21. The normalized spacial score (nSPS) is 22.1. The molecule has 178 valence electrons. The summed E-state index contributed by atoms with van der Waals surface area (Å²) in [5.41, 5.74) is -0.968. The van der Waals surface area contributed by atoms with Crippen molar-refractivity contribution in [1.29, 1.82) is 5.26 Å². The fourth-order valence-corrected chi connectivity index (χ4v) is 5.27. The van der Waals surface area contributed by atoms with E-state index in [1.165, 1.54) is 24.1 Å². The van der Waals surface area contributed by atoms with Crippen molar-refractivity contribution in [3.8, 4) is 6.07 Å². The zero-order valence-electron chi connectivity index (χ0n) is 18.7. The Kier molecular flexibility index (Phi) is 5.40. The summed E-state index contributed by atoms with van der Waals surface area (Å²) in [4.78, 5) is 16.7. The van der Waals surface area contributed by atoms with Crippen LogP contribution in [0, 0.1) is 17.2 Å². The molecule has 1 saturated carbocycles. The van der Waals surface area contributed by atoms with Gasteiger partial charge in [-0.15, -0.1) is 0 Å². The van der Waals surface area contributed by atoms with Crippen LogP contribution in [0.15, 0.2) is 41.3 Å². The number of rotatable bonds is 6. The molecule has 10 heteroatoms. The van der Waals surface area contributed by atoms with Crippen LogP contribution in [-0.2, 0) is 5.54 Å². The van der Waals surface area contributed by atoms with Crippen LogP contribution in [0.5, 0.6) is 0 Å². The maximum absolute atomic E-state index is 14.1. The van der Waals surface area contributed by atoms with Crippen LogP contribution in [0.2, 0.25) is 0 Å². The molecule has 0 unspecified atom stereocenters. The first-order valence-corrected chi connectivity index (χ1v) is 11.4. The molecule has 1 saturated heterocycles. The number of alkyl halides is 3. The van der Waals surface area contributed by atoms with Crippen LogP contribution in [0.3, 0.4) is 0 Å². The third-order valence-electron chi connectivity index (χ3n) is 7.19. The van der Waals surface area contributed by atoms with Crippen LogP contribution in [0.1, 0.15) is 43.7 Å². The average molecular weight is 470 g/mol. The predicted molar refractivity (Wildman–Crippen MR) is 122 cm³/mol. The number of aromatic amines is 1. The van der Waals surface area contributed by atoms with Gasteiger partial charge in [0.05, 0.1) is 24.0 Å². The summed E-state index contributed by atoms with van der Waals surface area (Å²) in [6, 6.07) is 10.0. The lowest BCUT2D eigenvalue weighted by Gasteiger charge is -2.38. The summed E-state index contributed by atoms with van der Waals surface area (Å²) in [6.07, 6.45) is -0.0400. The molecule has 2 N–H and O–H groups in total. The van der Waals surface area contributed by atoms with Gasteiger partial charge in [0.2, 0.25) is 0 Å². The fraction of sp³-hybridized carbons (Fsp3) is 0.458. The summed E-state index contributed by atoms with van der Waals surface area (Å²) in [5.74, 6) is 0.660. The number of H-pyrrole nitrogens is 1. The van der Waals surface area contributed by atoms with Crippen molar-refractivity contribution in [3.63, 3.8) is 0 Å². The van der Waals surface area contributed by atoms with E-state index in [1.54, 1.807) is 29.1 Å². The van der Waals surface area contributed by atoms with Crippen molar-refractivity contribution in [2.75, 3.05) is 18.9 Å². The van der Waals surface area contributed by atoms with E-state index in [2.05, 4.69) is 21.5 Å². The third kappa shape index (κ3) is 3.55. The van der Waals surface area contributed by atoms with Gasteiger partial charge < -0.3 is 10.3 Å². The van der Waals surface area contributed by atoms with Crippen LogP contribution < -0.4 is 10.9 Å². The maximum Gasteiger partial charge on any atom is 0.410 e. The number of hydrogen-bond acceptors (Lipinski definition) is 5. The number of pyridine rings is 1. The Bertz CT molecular complexity index is 1300. The number of nitrogens with one attached hydrogen (secondary N) is 2. The largest absolute Gasteiger partial charge is 0.410 e. The molecule has 0 bridgehead atoms. The van der Waals surface area contributed by atoms with E-state index in [0.717, 1.165) is 12.8 Å². The molecule has 1 aliphatic carbocycles. The van der Waals surface area contributed by atoms with Gasteiger partial charge in [-0.05, 0) is 69.0 Å². The number of fused-ring (bicyclic) bond motifs is 1. The van der Waals surface area contributed by atoms with Gasteiger partial charge >= 0.3 is 6.18 Å². The Morgan fingerprint density at radius 1 is 1.29 bits per heavy atom. The summed E-state index contributed by atoms with van der Waals surface area (Å²) in [6.45, 7) is 0.385. The monoisotopic (exact) mass is 470 g/mol. The molecule has 3 heterocycles. The Balaban J connectivity index is 1.51. The topological polar surface area (TPSA) is 89.7 Å². The van der Waals surface area contributed by atoms with Crippen molar-refractivity contribution in [2.24, 2.45) is 5.92 Å². The summed E-state index contributed by atoms with van der Waals surface area (Å²) >= 11 is 0. The molecule has 34 heavy (non-hydrogen) atoms. The molecule has 0 amide bonds. The van der Waals surface area contributed by atoms with Crippen molar-refractivity contribution in [1.82, 2.24) is 19.7 Å². The minimum absolute atomic E-state index is 0.0195.